The molecule has 64 heavy (non-hydrogen) atoms. The normalized spacial score (nSPS) is 20.3. The SMILES string of the molecule is CCC/C=C\C/C=C\CCCCCCCC(=O)NC(COC1OC(CO)C(O)C(O)C1O)C(O)/C=C/CCCCCCCCCCCCCCCCCCCCCCCCCCCC. The van der Waals surface area contributed by atoms with E-state index in [1.165, 1.54) is 161 Å². The number of rotatable bonds is 46. The van der Waals surface area contributed by atoms with Crippen LogP contribution in [0.1, 0.15) is 251 Å². The van der Waals surface area contributed by atoms with E-state index >= 15 is 0 Å². The molecular weight excluding hydrogens is 803 g/mol. The highest BCUT2D eigenvalue weighted by atomic mass is 16.7. The van der Waals surface area contributed by atoms with Crippen molar-refractivity contribution in [2.24, 2.45) is 0 Å². The zero-order valence-electron chi connectivity index (χ0n) is 41.5. The number of unbranched alkanes of at least 4 members (excludes halogenated alkanes) is 32. The van der Waals surface area contributed by atoms with Gasteiger partial charge in [0.2, 0.25) is 5.91 Å². The maximum Gasteiger partial charge on any atom is 0.220 e. The number of carbonyl (C=O) groups is 1. The third-order valence-corrected chi connectivity index (χ3v) is 12.9. The second kappa shape index (κ2) is 45.2. The van der Waals surface area contributed by atoms with Gasteiger partial charge in [-0.05, 0) is 44.9 Å². The van der Waals surface area contributed by atoms with Gasteiger partial charge in [-0.25, -0.2) is 0 Å². The Balaban J connectivity index is 2.20. The van der Waals surface area contributed by atoms with E-state index < -0.39 is 49.5 Å². The summed E-state index contributed by atoms with van der Waals surface area (Å²) in [5, 5.41) is 54.3. The topological polar surface area (TPSA) is 149 Å². The van der Waals surface area contributed by atoms with Gasteiger partial charge in [0.1, 0.15) is 24.4 Å². The second-order valence-electron chi connectivity index (χ2n) is 19.0. The molecule has 1 rings (SSSR count). The van der Waals surface area contributed by atoms with E-state index in [1.54, 1.807) is 6.08 Å². The highest BCUT2D eigenvalue weighted by molar-refractivity contribution is 5.76. The third kappa shape index (κ3) is 34.7. The largest absolute Gasteiger partial charge is 0.394 e. The molecule has 0 aromatic rings. The number of aliphatic hydroxyl groups is 5. The Bertz CT molecular complexity index is 1100. The lowest BCUT2D eigenvalue weighted by Crippen LogP contribution is -2.60. The maximum atomic E-state index is 13.0. The van der Waals surface area contributed by atoms with Crippen LogP contribution in [0.2, 0.25) is 0 Å². The summed E-state index contributed by atoms with van der Waals surface area (Å²) < 4.78 is 11.2. The smallest absolute Gasteiger partial charge is 0.220 e. The molecule has 7 unspecified atom stereocenters. The zero-order chi connectivity index (χ0) is 46.6. The van der Waals surface area contributed by atoms with E-state index in [-0.39, 0.29) is 12.5 Å². The van der Waals surface area contributed by atoms with Gasteiger partial charge in [-0.2, -0.15) is 0 Å². The highest BCUT2D eigenvalue weighted by Crippen LogP contribution is 2.23. The van der Waals surface area contributed by atoms with Crippen molar-refractivity contribution >= 4 is 5.91 Å². The van der Waals surface area contributed by atoms with Crippen LogP contribution in [0.3, 0.4) is 0 Å². The van der Waals surface area contributed by atoms with Gasteiger partial charge in [0.15, 0.2) is 6.29 Å². The summed E-state index contributed by atoms with van der Waals surface area (Å²) in [5.41, 5.74) is 0. The molecule has 7 atom stereocenters. The number of aliphatic hydroxyl groups excluding tert-OH is 5. The van der Waals surface area contributed by atoms with Crippen molar-refractivity contribution in [3.8, 4) is 0 Å². The van der Waals surface area contributed by atoms with Crippen LogP contribution in [-0.4, -0.2) is 87.5 Å². The Hall–Kier alpha value is -1.59. The van der Waals surface area contributed by atoms with Gasteiger partial charge >= 0.3 is 0 Å². The molecule has 1 fully saturated rings. The summed E-state index contributed by atoms with van der Waals surface area (Å²) >= 11 is 0. The minimum Gasteiger partial charge on any atom is -0.394 e. The minimum atomic E-state index is -1.57. The molecule has 0 spiro atoms. The standard InChI is InChI=1S/C55H103NO8/c1-3-5-7-9-11-13-15-17-18-19-20-21-22-23-24-25-26-27-28-29-30-31-33-34-36-38-40-42-44-49(58)48(47-63-55-54(62)53(61)52(60)50(46-57)64-55)56-51(59)45-43-41-39-37-35-32-16-14-12-10-8-6-4-2/h8,10,14,16,42,44,48-50,52-55,57-58,60-62H,3-7,9,11-13,15,17-41,43,45-47H2,1-2H3,(H,56,59)/b10-8-,16-14-,44-42+. The average Bonchev–Trinajstić information content (AvgIpc) is 3.29. The summed E-state index contributed by atoms with van der Waals surface area (Å²) in [4.78, 5) is 13.0. The van der Waals surface area contributed by atoms with Gasteiger partial charge in [0.05, 0.1) is 25.4 Å². The van der Waals surface area contributed by atoms with Crippen LogP contribution in [0, 0.1) is 0 Å². The van der Waals surface area contributed by atoms with Gasteiger partial charge in [-0.1, -0.05) is 237 Å². The number of amides is 1. The van der Waals surface area contributed by atoms with E-state index in [0.717, 1.165) is 70.6 Å². The Kier molecular flexibility index (Phi) is 42.7. The number of hydrogen-bond acceptors (Lipinski definition) is 8. The van der Waals surface area contributed by atoms with Crippen molar-refractivity contribution in [2.75, 3.05) is 13.2 Å². The summed E-state index contributed by atoms with van der Waals surface area (Å²) in [6.45, 7) is 3.72. The van der Waals surface area contributed by atoms with Crippen molar-refractivity contribution in [3.63, 3.8) is 0 Å². The zero-order valence-corrected chi connectivity index (χ0v) is 41.5. The van der Waals surface area contributed by atoms with E-state index in [0.29, 0.717) is 6.42 Å². The Morgan fingerprint density at radius 2 is 0.953 bits per heavy atom. The van der Waals surface area contributed by atoms with Crippen LogP contribution in [0.4, 0.5) is 0 Å². The first-order valence-corrected chi connectivity index (χ1v) is 27.2. The summed E-state index contributed by atoms with van der Waals surface area (Å²) in [6.07, 6.45) is 50.7. The van der Waals surface area contributed by atoms with Crippen molar-refractivity contribution in [3.05, 3.63) is 36.5 Å². The lowest BCUT2D eigenvalue weighted by Gasteiger charge is -2.40. The average molecular weight is 906 g/mol. The molecule has 6 N–H and O–H groups in total. The number of carbonyl (C=O) groups excluding carboxylic acids is 1. The molecule has 376 valence electrons. The molecule has 0 aromatic heterocycles. The number of hydrogen-bond donors (Lipinski definition) is 6. The minimum absolute atomic E-state index is 0.190. The van der Waals surface area contributed by atoms with Crippen LogP contribution < -0.4 is 5.32 Å². The first kappa shape index (κ1) is 60.4. The molecule has 1 heterocycles. The molecule has 0 bridgehead atoms. The molecule has 9 heteroatoms. The van der Waals surface area contributed by atoms with Crippen LogP contribution in [-0.2, 0) is 14.3 Å². The molecular formula is C55H103NO8. The van der Waals surface area contributed by atoms with Crippen molar-refractivity contribution in [1.82, 2.24) is 5.32 Å². The van der Waals surface area contributed by atoms with Gasteiger partial charge < -0.3 is 40.3 Å². The molecule has 0 aliphatic carbocycles. The maximum absolute atomic E-state index is 13.0. The molecule has 1 aliphatic heterocycles. The van der Waals surface area contributed by atoms with E-state index in [2.05, 4.69) is 43.5 Å². The highest BCUT2D eigenvalue weighted by Gasteiger charge is 2.44. The van der Waals surface area contributed by atoms with E-state index in [4.69, 9.17) is 9.47 Å². The number of nitrogens with one attached hydrogen (secondary N) is 1. The molecule has 1 amide bonds. The third-order valence-electron chi connectivity index (χ3n) is 12.9. The van der Waals surface area contributed by atoms with E-state index in [9.17, 15) is 30.3 Å². The fourth-order valence-electron chi connectivity index (χ4n) is 8.61. The Morgan fingerprint density at radius 3 is 1.41 bits per heavy atom. The fraction of sp³-hybridized carbons (Fsp3) is 0.873. The molecule has 0 aromatic carbocycles. The summed E-state index contributed by atoms with van der Waals surface area (Å²) in [5.74, 6) is -0.190. The van der Waals surface area contributed by atoms with Gasteiger partial charge in [-0.15, -0.1) is 0 Å². The van der Waals surface area contributed by atoms with Crippen molar-refractivity contribution in [1.29, 1.82) is 0 Å². The molecule has 9 nitrogen and oxygen atoms in total. The van der Waals surface area contributed by atoms with Crippen LogP contribution in [0.5, 0.6) is 0 Å². The van der Waals surface area contributed by atoms with Crippen LogP contribution >= 0.6 is 0 Å². The quantitative estimate of drug-likeness (QED) is 0.0261. The summed E-state index contributed by atoms with van der Waals surface area (Å²) in [6, 6.07) is -0.811. The molecule has 0 radical (unpaired) electrons. The van der Waals surface area contributed by atoms with Crippen LogP contribution in [0.15, 0.2) is 36.5 Å². The van der Waals surface area contributed by atoms with Gasteiger partial charge in [-0.3, -0.25) is 4.79 Å². The summed E-state index contributed by atoms with van der Waals surface area (Å²) in [7, 11) is 0. The molecule has 0 saturated carbocycles. The predicted octanol–water partition coefficient (Wildman–Crippen LogP) is 12.8. The first-order chi connectivity index (χ1) is 31.3. The fourth-order valence-corrected chi connectivity index (χ4v) is 8.61. The second-order valence-corrected chi connectivity index (χ2v) is 19.0. The Labute approximate surface area is 393 Å². The number of allylic oxidation sites excluding steroid dienone is 5. The Morgan fingerprint density at radius 1 is 0.531 bits per heavy atom. The van der Waals surface area contributed by atoms with Crippen molar-refractivity contribution in [2.45, 2.75) is 294 Å². The lowest BCUT2D eigenvalue weighted by molar-refractivity contribution is -0.302. The first-order valence-electron chi connectivity index (χ1n) is 27.2. The lowest BCUT2D eigenvalue weighted by atomic mass is 9.99. The van der Waals surface area contributed by atoms with Gasteiger partial charge in [0, 0.05) is 6.42 Å². The van der Waals surface area contributed by atoms with Crippen molar-refractivity contribution < 1.29 is 39.8 Å². The predicted molar refractivity (Wildman–Crippen MR) is 267 cm³/mol. The van der Waals surface area contributed by atoms with Crippen LogP contribution in [0.25, 0.3) is 0 Å². The molecule has 1 saturated heterocycles. The van der Waals surface area contributed by atoms with E-state index in [1.807, 2.05) is 6.08 Å². The molecule has 1 aliphatic rings. The number of ether oxygens (including phenoxy) is 2. The monoisotopic (exact) mass is 906 g/mol. The van der Waals surface area contributed by atoms with Gasteiger partial charge in [0.25, 0.3) is 0 Å².